The maximum absolute atomic E-state index is 11.5. The number of benzene rings is 1. The molecule has 0 heterocycles. The number of hydrogen-bond donors (Lipinski definition) is 0. The van der Waals surface area contributed by atoms with E-state index < -0.39 is 0 Å². The molecule has 0 aromatic heterocycles. The van der Waals surface area contributed by atoms with E-state index in [1.807, 2.05) is 6.92 Å². The lowest BCUT2D eigenvalue weighted by molar-refractivity contribution is -0.113. The van der Waals surface area contributed by atoms with Crippen molar-refractivity contribution in [2.75, 3.05) is 0 Å². The fourth-order valence-corrected chi connectivity index (χ4v) is 2.38. The van der Waals surface area contributed by atoms with Crippen molar-refractivity contribution in [1.82, 2.24) is 0 Å². The third-order valence-corrected chi connectivity index (χ3v) is 3.44. The zero-order valence-corrected chi connectivity index (χ0v) is 10.3. The number of fused-ring (bicyclic) bond motifs is 1. The Morgan fingerprint density at radius 2 is 1.94 bits per heavy atom. The van der Waals surface area contributed by atoms with Gasteiger partial charge in [0.05, 0.1) is 0 Å². The van der Waals surface area contributed by atoms with Crippen molar-refractivity contribution >= 4 is 11.4 Å². The molecule has 1 aliphatic carbocycles. The molecule has 2 rings (SSSR count). The Bertz CT molecular complexity index is 466. The van der Waals surface area contributed by atoms with Crippen LogP contribution in [0.1, 0.15) is 43.4 Å². The molecule has 0 fully saturated rings. The van der Waals surface area contributed by atoms with Crippen molar-refractivity contribution < 1.29 is 4.79 Å². The molecule has 0 spiro atoms. The van der Waals surface area contributed by atoms with Crippen molar-refractivity contribution in [2.45, 2.75) is 40.0 Å². The van der Waals surface area contributed by atoms with Crippen molar-refractivity contribution in [3.63, 3.8) is 0 Å². The summed E-state index contributed by atoms with van der Waals surface area (Å²) in [6.45, 7) is 5.72. The van der Waals surface area contributed by atoms with Gasteiger partial charge in [0, 0.05) is 0 Å². The highest BCUT2D eigenvalue weighted by atomic mass is 16.1. The van der Waals surface area contributed by atoms with Crippen LogP contribution in [0.15, 0.2) is 23.8 Å². The first kappa shape index (κ1) is 11.1. The van der Waals surface area contributed by atoms with Gasteiger partial charge in [-0.25, -0.2) is 0 Å². The summed E-state index contributed by atoms with van der Waals surface area (Å²) < 4.78 is 0. The Balaban J connectivity index is 2.59. The van der Waals surface area contributed by atoms with Crippen LogP contribution in [0.4, 0.5) is 0 Å². The number of hydrogen-bond acceptors (Lipinski definition) is 1. The molecule has 0 radical (unpaired) electrons. The lowest BCUT2D eigenvalue weighted by Crippen LogP contribution is -2.06. The predicted molar refractivity (Wildman–Crippen MR) is 67.4 cm³/mol. The van der Waals surface area contributed by atoms with E-state index in [4.69, 9.17) is 0 Å². The minimum absolute atomic E-state index is 0.198. The van der Waals surface area contributed by atoms with Crippen LogP contribution in [0.5, 0.6) is 0 Å². The molecule has 0 atom stereocenters. The Morgan fingerprint density at radius 1 is 1.19 bits per heavy atom. The number of carbonyl (C=O) groups is 1. The molecular formula is C15H18O. The SMILES string of the molecule is CC(=O)/C(C)=C1\CCCc2ccc(C)cc21. The van der Waals surface area contributed by atoms with Crippen LogP contribution >= 0.6 is 0 Å². The van der Waals surface area contributed by atoms with Gasteiger partial charge in [-0.1, -0.05) is 23.8 Å². The largest absolute Gasteiger partial charge is 0.295 e. The lowest BCUT2D eigenvalue weighted by Gasteiger charge is -2.21. The fraction of sp³-hybridized carbons (Fsp3) is 0.400. The highest BCUT2D eigenvalue weighted by molar-refractivity contribution is 6.01. The molecule has 1 aromatic rings. The Labute approximate surface area is 97.2 Å². The molecule has 0 saturated heterocycles. The minimum Gasteiger partial charge on any atom is -0.295 e. The van der Waals surface area contributed by atoms with Gasteiger partial charge in [-0.05, 0) is 62.3 Å². The van der Waals surface area contributed by atoms with Gasteiger partial charge in [0.1, 0.15) is 0 Å². The van der Waals surface area contributed by atoms with Crippen molar-refractivity contribution in [3.05, 3.63) is 40.5 Å². The maximum Gasteiger partial charge on any atom is 0.155 e. The van der Waals surface area contributed by atoms with E-state index in [0.29, 0.717) is 0 Å². The average molecular weight is 214 g/mol. The van der Waals surface area contributed by atoms with Gasteiger partial charge < -0.3 is 0 Å². The molecule has 1 aromatic carbocycles. The summed E-state index contributed by atoms with van der Waals surface area (Å²) in [6, 6.07) is 6.58. The van der Waals surface area contributed by atoms with Gasteiger partial charge in [0.15, 0.2) is 5.78 Å². The van der Waals surface area contributed by atoms with Crippen molar-refractivity contribution in [2.24, 2.45) is 0 Å². The van der Waals surface area contributed by atoms with E-state index in [9.17, 15) is 4.79 Å². The van der Waals surface area contributed by atoms with E-state index >= 15 is 0 Å². The second-order valence-corrected chi connectivity index (χ2v) is 4.67. The van der Waals surface area contributed by atoms with Crippen LogP contribution < -0.4 is 0 Å². The van der Waals surface area contributed by atoms with Gasteiger partial charge in [-0.15, -0.1) is 0 Å². The second kappa shape index (κ2) is 4.25. The van der Waals surface area contributed by atoms with Gasteiger partial charge in [0.2, 0.25) is 0 Å². The summed E-state index contributed by atoms with van der Waals surface area (Å²) in [6.07, 6.45) is 3.35. The smallest absolute Gasteiger partial charge is 0.155 e. The van der Waals surface area contributed by atoms with Crippen LogP contribution in [0.2, 0.25) is 0 Å². The number of rotatable bonds is 1. The molecule has 1 heteroatoms. The van der Waals surface area contributed by atoms with Crippen LogP contribution in [0.25, 0.3) is 5.57 Å². The Hall–Kier alpha value is -1.37. The molecule has 0 amide bonds. The van der Waals surface area contributed by atoms with Gasteiger partial charge >= 0.3 is 0 Å². The van der Waals surface area contributed by atoms with Crippen LogP contribution in [0.3, 0.4) is 0 Å². The highest BCUT2D eigenvalue weighted by Crippen LogP contribution is 2.33. The van der Waals surface area contributed by atoms with Crippen molar-refractivity contribution in [3.8, 4) is 0 Å². The summed E-state index contributed by atoms with van der Waals surface area (Å²) in [5.74, 6) is 0.198. The molecule has 0 bridgehead atoms. The van der Waals surface area contributed by atoms with E-state index in [0.717, 1.165) is 24.8 Å². The molecule has 1 nitrogen and oxygen atoms in total. The third-order valence-electron chi connectivity index (χ3n) is 3.44. The van der Waals surface area contributed by atoms with Gasteiger partial charge in [0.25, 0.3) is 0 Å². The van der Waals surface area contributed by atoms with Gasteiger partial charge in [-0.3, -0.25) is 4.79 Å². The molecule has 0 N–H and O–H groups in total. The number of ketones is 1. The van der Waals surface area contributed by atoms with Crippen molar-refractivity contribution in [1.29, 1.82) is 0 Å². The topological polar surface area (TPSA) is 17.1 Å². The van der Waals surface area contributed by atoms with E-state index in [1.54, 1.807) is 6.92 Å². The fourth-order valence-electron chi connectivity index (χ4n) is 2.38. The number of aryl methyl sites for hydroxylation is 2. The first-order chi connectivity index (χ1) is 7.59. The molecule has 0 aliphatic heterocycles. The zero-order chi connectivity index (χ0) is 11.7. The maximum atomic E-state index is 11.5. The Kier molecular flexibility index (Phi) is 2.95. The minimum atomic E-state index is 0.198. The molecule has 0 saturated carbocycles. The normalized spacial score (nSPS) is 17.9. The van der Waals surface area contributed by atoms with Gasteiger partial charge in [-0.2, -0.15) is 0 Å². The molecule has 0 unspecified atom stereocenters. The third kappa shape index (κ3) is 1.95. The monoisotopic (exact) mass is 214 g/mol. The second-order valence-electron chi connectivity index (χ2n) is 4.67. The Morgan fingerprint density at radius 3 is 2.62 bits per heavy atom. The first-order valence-electron chi connectivity index (χ1n) is 5.90. The summed E-state index contributed by atoms with van der Waals surface area (Å²) in [5, 5.41) is 0. The number of Topliss-reactive ketones (excluding diaryl/α,β-unsaturated/α-hetero) is 1. The standard InChI is InChI=1S/C15H18O/c1-10-7-8-13-5-4-6-14(15(13)9-10)11(2)12(3)16/h7-9H,4-6H2,1-3H3/b14-11+. The molecule has 84 valence electrons. The summed E-state index contributed by atoms with van der Waals surface area (Å²) in [5.41, 5.74) is 6.17. The summed E-state index contributed by atoms with van der Waals surface area (Å²) >= 11 is 0. The molecule has 1 aliphatic rings. The molecule has 16 heavy (non-hydrogen) atoms. The predicted octanol–water partition coefficient (Wildman–Crippen LogP) is 3.69. The lowest BCUT2D eigenvalue weighted by atomic mass is 9.83. The van der Waals surface area contributed by atoms with E-state index in [-0.39, 0.29) is 5.78 Å². The number of allylic oxidation sites excluding steroid dienone is 2. The summed E-state index contributed by atoms with van der Waals surface area (Å²) in [7, 11) is 0. The van der Waals surface area contributed by atoms with E-state index in [1.165, 1.54) is 22.3 Å². The number of carbonyl (C=O) groups excluding carboxylic acids is 1. The van der Waals surface area contributed by atoms with E-state index in [2.05, 4.69) is 25.1 Å². The molecular weight excluding hydrogens is 196 g/mol. The average Bonchev–Trinajstić information content (AvgIpc) is 2.27. The zero-order valence-electron chi connectivity index (χ0n) is 10.3. The first-order valence-corrected chi connectivity index (χ1v) is 5.90. The summed E-state index contributed by atoms with van der Waals surface area (Å²) in [4.78, 5) is 11.5. The quantitative estimate of drug-likeness (QED) is 0.651. The van der Waals surface area contributed by atoms with Crippen LogP contribution in [-0.2, 0) is 11.2 Å². The van der Waals surface area contributed by atoms with Crippen LogP contribution in [0, 0.1) is 6.92 Å². The highest BCUT2D eigenvalue weighted by Gasteiger charge is 2.17. The van der Waals surface area contributed by atoms with Crippen LogP contribution in [-0.4, -0.2) is 5.78 Å².